The lowest BCUT2D eigenvalue weighted by atomic mass is 9.88. The number of hydrogen-bond acceptors (Lipinski definition) is 10. The number of ether oxygens (including phenoxy) is 2. The van der Waals surface area contributed by atoms with Crippen LogP contribution in [0.15, 0.2) is 12.4 Å². The number of rotatable bonds is 6. The lowest BCUT2D eigenvalue weighted by Gasteiger charge is -2.40. The summed E-state index contributed by atoms with van der Waals surface area (Å²) in [7, 11) is 1.63. The van der Waals surface area contributed by atoms with Crippen LogP contribution in [0.4, 0.5) is 16.3 Å². The molecule has 1 saturated carbocycles. The number of nitrogens with zero attached hydrogens (tertiary/aromatic N) is 6. The highest BCUT2D eigenvalue weighted by molar-refractivity contribution is 5.77. The predicted octanol–water partition coefficient (Wildman–Crippen LogP) is -0.148. The van der Waals surface area contributed by atoms with Crippen molar-refractivity contribution < 1.29 is 23.8 Å². The molecule has 1 saturated heterocycles. The van der Waals surface area contributed by atoms with Crippen LogP contribution in [0.25, 0.3) is 11.3 Å². The minimum absolute atomic E-state index is 0.0231. The number of aliphatic hydroxyl groups excluding tert-OH is 1. The summed E-state index contributed by atoms with van der Waals surface area (Å²) in [6.07, 6.45) is 3.51. The molecule has 2 aliphatic rings. The maximum absolute atomic E-state index is 15.3. The van der Waals surface area contributed by atoms with Gasteiger partial charge in [0.1, 0.15) is 18.4 Å². The minimum Gasteiger partial charge on any atom is -0.472 e. The number of aliphatic hydroxyl groups is 1. The molecular formula is C19H24FN7O4. The number of likely N-dealkylation sites (N-methyl/N-ethyl adjacent to an activating group) is 1. The lowest BCUT2D eigenvalue weighted by Crippen LogP contribution is -2.50. The third kappa shape index (κ3) is 4.49. The summed E-state index contributed by atoms with van der Waals surface area (Å²) in [6, 6.07) is -0.0711. The second-order valence-electron chi connectivity index (χ2n) is 7.45. The maximum atomic E-state index is 15.3. The van der Waals surface area contributed by atoms with Crippen LogP contribution in [0.3, 0.4) is 0 Å². The Bertz CT molecular complexity index is 934. The average molecular weight is 433 g/mol. The summed E-state index contributed by atoms with van der Waals surface area (Å²) in [6.45, 7) is 1.64. The second-order valence-corrected chi connectivity index (χ2v) is 7.45. The van der Waals surface area contributed by atoms with Crippen LogP contribution in [-0.2, 0) is 9.53 Å². The van der Waals surface area contributed by atoms with E-state index in [4.69, 9.17) is 20.3 Å². The van der Waals surface area contributed by atoms with Crippen LogP contribution in [0, 0.1) is 5.82 Å². The molecule has 1 aliphatic carbocycles. The third-order valence-electron chi connectivity index (χ3n) is 5.47. The molecule has 1 aliphatic heterocycles. The van der Waals surface area contributed by atoms with Gasteiger partial charge in [0.15, 0.2) is 0 Å². The molecule has 3 N–H and O–H groups in total. The van der Waals surface area contributed by atoms with Gasteiger partial charge in [0, 0.05) is 57.0 Å². The second kappa shape index (κ2) is 8.94. The Morgan fingerprint density at radius 2 is 2.00 bits per heavy atom. The molecule has 12 heteroatoms. The van der Waals surface area contributed by atoms with Crippen molar-refractivity contribution in [2.75, 3.05) is 50.6 Å². The number of nitrogens with two attached hydrogens (primary N) is 1. The van der Waals surface area contributed by atoms with Gasteiger partial charge in [-0.2, -0.15) is 9.37 Å². The molecule has 31 heavy (non-hydrogen) atoms. The van der Waals surface area contributed by atoms with E-state index in [1.165, 1.54) is 17.3 Å². The van der Waals surface area contributed by atoms with Crippen molar-refractivity contribution in [1.29, 1.82) is 0 Å². The van der Waals surface area contributed by atoms with Crippen LogP contribution in [-0.4, -0.2) is 88.0 Å². The zero-order chi connectivity index (χ0) is 22.0. The molecule has 4 rings (SSSR count). The Kier molecular flexibility index (Phi) is 6.09. The largest absolute Gasteiger partial charge is 0.472 e. The molecule has 2 fully saturated rings. The molecule has 166 valence electrons. The minimum atomic E-state index is -0.714. The van der Waals surface area contributed by atoms with Crippen molar-refractivity contribution in [3.63, 3.8) is 0 Å². The lowest BCUT2D eigenvalue weighted by molar-refractivity contribution is -0.138. The van der Waals surface area contributed by atoms with E-state index in [-0.39, 0.29) is 35.6 Å². The summed E-state index contributed by atoms with van der Waals surface area (Å²) < 4.78 is 26.5. The number of carbonyl (C=O) groups excluding carboxylic acids is 1. The molecule has 3 heterocycles. The van der Waals surface area contributed by atoms with Gasteiger partial charge in [0.2, 0.25) is 23.6 Å². The van der Waals surface area contributed by atoms with E-state index in [2.05, 4.69) is 19.9 Å². The first-order valence-corrected chi connectivity index (χ1v) is 9.97. The van der Waals surface area contributed by atoms with Crippen molar-refractivity contribution in [3.05, 3.63) is 18.2 Å². The molecule has 0 spiro atoms. The van der Waals surface area contributed by atoms with Gasteiger partial charge in [0.25, 0.3) is 5.88 Å². The fraction of sp³-hybridized carbons (Fsp3) is 0.526. The number of hydrogen-bond donors (Lipinski definition) is 2. The van der Waals surface area contributed by atoms with E-state index in [1.807, 2.05) is 4.90 Å². The Balaban J connectivity index is 1.58. The zero-order valence-electron chi connectivity index (χ0n) is 17.1. The number of halogens is 1. The molecule has 2 aromatic heterocycles. The van der Waals surface area contributed by atoms with E-state index in [1.54, 1.807) is 7.05 Å². The number of morpholine rings is 1. The smallest absolute Gasteiger partial charge is 0.256 e. The summed E-state index contributed by atoms with van der Waals surface area (Å²) >= 11 is 0. The van der Waals surface area contributed by atoms with Gasteiger partial charge in [-0.1, -0.05) is 0 Å². The number of anilines is 2. The van der Waals surface area contributed by atoms with Crippen molar-refractivity contribution in [1.82, 2.24) is 24.8 Å². The maximum Gasteiger partial charge on any atom is 0.256 e. The molecule has 0 atom stereocenters. The molecule has 0 radical (unpaired) electrons. The monoisotopic (exact) mass is 433 g/mol. The quantitative estimate of drug-likeness (QED) is 0.632. The Morgan fingerprint density at radius 3 is 2.65 bits per heavy atom. The van der Waals surface area contributed by atoms with Gasteiger partial charge in [0.05, 0.1) is 13.2 Å². The van der Waals surface area contributed by atoms with Gasteiger partial charge in [-0.3, -0.25) is 4.79 Å². The van der Waals surface area contributed by atoms with Crippen molar-refractivity contribution in [2.45, 2.75) is 25.0 Å². The average Bonchev–Trinajstić information content (AvgIpc) is 2.77. The number of nitrogen functional groups attached to an aromatic ring is 1. The fourth-order valence-electron chi connectivity index (χ4n) is 3.47. The molecule has 1 amide bonds. The summed E-state index contributed by atoms with van der Waals surface area (Å²) in [4.78, 5) is 31.5. The molecule has 2 aromatic rings. The Morgan fingerprint density at radius 1 is 1.32 bits per heavy atom. The molecule has 0 aromatic carbocycles. The normalized spacial score (nSPS) is 20.8. The topological polar surface area (TPSA) is 140 Å². The highest BCUT2D eigenvalue weighted by Gasteiger charge is 2.37. The van der Waals surface area contributed by atoms with E-state index in [9.17, 15) is 4.79 Å². The Labute approximate surface area is 178 Å². The van der Waals surface area contributed by atoms with Crippen LogP contribution in [0.1, 0.15) is 12.8 Å². The molecule has 11 nitrogen and oxygen atoms in total. The highest BCUT2D eigenvalue weighted by atomic mass is 19.1. The number of carbonyl (C=O) groups is 1. The van der Waals surface area contributed by atoms with Gasteiger partial charge < -0.3 is 30.1 Å². The fourth-order valence-corrected chi connectivity index (χ4v) is 3.47. The van der Waals surface area contributed by atoms with Crippen LogP contribution < -0.4 is 15.4 Å². The summed E-state index contributed by atoms with van der Waals surface area (Å²) in [5, 5.41) is 9.00. The standard InChI is InChI=1S/C19H24FN7O4/c1-26(14(29)10-28)12-6-13(7-12)31-17-15(20)16(11-8-22-18(21)23-9-11)24-19(25-17)27-2-4-30-5-3-27/h8-9,12-13,28H,2-7,10H2,1H3,(H2,21,22,23)/t12-,13-. The molecule has 0 unspecified atom stereocenters. The zero-order valence-corrected chi connectivity index (χ0v) is 17.1. The van der Waals surface area contributed by atoms with Crippen LogP contribution in [0.2, 0.25) is 0 Å². The molecular weight excluding hydrogens is 409 g/mol. The van der Waals surface area contributed by atoms with Gasteiger partial charge in [-0.15, -0.1) is 0 Å². The van der Waals surface area contributed by atoms with Crippen molar-refractivity contribution in [2.24, 2.45) is 0 Å². The summed E-state index contributed by atoms with van der Waals surface area (Å²) in [5.41, 5.74) is 5.92. The van der Waals surface area contributed by atoms with Gasteiger partial charge in [-0.25, -0.2) is 15.0 Å². The van der Waals surface area contributed by atoms with Crippen molar-refractivity contribution in [3.8, 4) is 17.1 Å². The number of aromatic nitrogens is 4. The van der Waals surface area contributed by atoms with Crippen LogP contribution >= 0.6 is 0 Å². The number of amides is 1. The van der Waals surface area contributed by atoms with Gasteiger partial charge >= 0.3 is 0 Å². The van der Waals surface area contributed by atoms with E-state index in [0.717, 1.165) is 0 Å². The van der Waals surface area contributed by atoms with Crippen LogP contribution in [0.5, 0.6) is 5.88 Å². The van der Waals surface area contributed by atoms with E-state index < -0.39 is 12.4 Å². The van der Waals surface area contributed by atoms with E-state index in [0.29, 0.717) is 50.7 Å². The van der Waals surface area contributed by atoms with Gasteiger partial charge in [-0.05, 0) is 0 Å². The first-order chi connectivity index (χ1) is 15.0. The van der Waals surface area contributed by atoms with E-state index >= 15 is 4.39 Å². The van der Waals surface area contributed by atoms with Crippen molar-refractivity contribution >= 4 is 17.8 Å². The SMILES string of the molecule is CN(C(=O)CO)[C@H]1C[C@H](Oc2nc(N3CCOCC3)nc(-c3cnc(N)nc3)c2F)C1. The predicted molar refractivity (Wildman–Crippen MR) is 108 cm³/mol. The first-order valence-electron chi connectivity index (χ1n) is 9.97. The third-order valence-corrected chi connectivity index (χ3v) is 5.47. The first kappa shape index (κ1) is 21.1. The highest BCUT2D eigenvalue weighted by Crippen LogP contribution is 2.33. The molecule has 0 bridgehead atoms. The summed E-state index contributed by atoms with van der Waals surface area (Å²) in [5.74, 6) is -0.839. The Hall–Kier alpha value is -3.12.